The number of carbonyl (C=O) groups is 1. The zero-order valence-corrected chi connectivity index (χ0v) is 13.7. The molecule has 22 heavy (non-hydrogen) atoms. The third kappa shape index (κ3) is 6.03. The van der Waals surface area contributed by atoms with Crippen LogP contribution in [0.1, 0.15) is 19.4 Å². The van der Waals surface area contributed by atoms with Crippen LogP contribution in [-0.2, 0) is 16.1 Å². The molecule has 1 unspecified atom stereocenters. The number of nitrogens with one attached hydrogen (secondary N) is 2. The minimum absolute atomic E-state index is 0.227. The molecule has 0 radical (unpaired) electrons. The molecule has 6 heteroatoms. The van der Waals surface area contributed by atoms with Crippen molar-refractivity contribution in [2.24, 2.45) is 10.9 Å². The van der Waals surface area contributed by atoms with Crippen LogP contribution in [0.25, 0.3) is 0 Å². The lowest BCUT2D eigenvalue weighted by Crippen LogP contribution is -2.40. The molecule has 0 aliphatic rings. The summed E-state index contributed by atoms with van der Waals surface area (Å²) >= 11 is 0. The van der Waals surface area contributed by atoms with Gasteiger partial charge in [-0.15, -0.1) is 0 Å². The lowest BCUT2D eigenvalue weighted by Gasteiger charge is -2.14. The van der Waals surface area contributed by atoms with Crippen molar-refractivity contribution in [3.63, 3.8) is 0 Å². The van der Waals surface area contributed by atoms with E-state index in [1.807, 2.05) is 38.1 Å². The van der Waals surface area contributed by atoms with Gasteiger partial charge in [-0.3, -0.25) is 4.79 Å². The van der Waals surface area contributed by atoms with Gasteiger partial charge in [0.25, 0.3) is 0 Å². The summed E-state index contributed by atoms with van der Waals surface area (Å²) in [5, 5.41) is 6.29. The third-order valence-corrected chi connectivity index (χ3v) is 3.10. The molecule has 2 N–H and O–H groups in total. The number of hydrogen-bond acceptors (Lipinski definition) is 4. The zero-order valence-electron chi connectivity index (χ0n) is 13.7. The second-order valence-corrected chi connectivity index (χ2v) is 4.85. The quantitative estimate of drug-likeness (QED) is 0.454. The Morgan fingerprint density at radius 1 is 1.23 bits per heavy atom. The van der Waals surface area contributed by atoms with Crippen molar-refractivity contribution in [1.82, 2.24) is 10.6 Å². The smallest absolute Gasteiger partial charge is 0.310 e. The molecule has 0 aliphatic heterocycles. The second-order valence-electron chi connectivity index (χ2n) is 4.85. The van der Waals surface area contributed by atoms with Gasteiger partial charge in [-0.05, 0) is 24.6 Å². The molecule has 1 aromatic rings. The van der Waals surface area contributed by atoms with Gasteiger partial charge in [0.15, 0.2) is 5.96 Å². The normalized spacial score (nSPS) is 12.5. The van der Waals surface area contributed by atoms with Crippen molar-refractivity contribution in [1.29, 1.82) is 0 Å². The van der Waals surface area contributed by atoms with Gasteiger partial charge in [0.2, 0.25) is 0 Å². The fourth-order valence-electron chi connectivity index (χ4n) is 1.78. The van der Waals surface area contributed by atoms with E-state index in [-0.39, 0.29) is 11.9 Å². The number of aliphatic imine (C=N–C) groups is 1. The standard InChI is InChI=1S/C16H25N3O3/c1-5-17-16(18-10-12(2)15(20)22-4)19-11-13-6-8-14(21-3)9-7-13/h6-9,12H,5,10-11H2,1-4H3,(H2,17,18,19). The number of nitrogens with zero attached hydrogens (tertiary/aromatic N) is 1. The average molecular weight is 307 g/mol. The summed E-state index contributed by atoms with van der Waals surface area (Å²) in [5.41, 5.74) is 1.08. The Morgan fingerprint density at radius 2 is 1.91 bits per heavy atom. The topological polar surface area (TPSA) is 72.0 Å². The van der Waals surface area contributed by atoms with E-state index in [0.717, 1.165) is 17.9 Å². The van der Waals surface area contributed by atoms with Crippen LogP contribution in [0.4, 0.5) is 0 Å². The van der Waals surface area contributed by atoms with Gasteiger partial charge in [-0.25, -0.2) is 4.99 Å². The number of benzene rings is 1. The summed E-state index contributed by atoms with van der Waals surface area (Å²) in [6.45, 7) is 5.58. The van der Waals surface area contributed by atoms with Gasteiger partial charge in [0.1, 0.15) is 5.75 Å². The van der Waals surface area contributed by atoms with Gasteiger partial charge in [0.05, 0.1) is 26.7 Å². The lowest BCUT2D eigenvalue weighted by molar-refractivity contribution is -0.144. The molecule has 0 heterocycles. The molecule has 1 atom stereocenters. The fourth-order valence-corrected chi connectivity index (χ4v) is 1.78. The van der Waals surface area contributed by atoms with Gasteiger partial charge < -0.3 is 20.1 Å². The van der Waals surface area contributed by atoms with Gasteiger partial charge in [-0.2, -0.15) is 0 Å². The molecule has 0 aromatic heterocycles. The minimum Gasteiger partial charge on any atom is -0.497 e. The number of rotatable bonds is 7. The van der Waals surface area contributed by atoms with Crippen LogP contribution in [0.2, 0.25) is 0 Å². The highest BCUT2D eigenvalue weighted by Crippen LogP contribution is 2.11. The van der Waals surface area contributed by atoms with Crippen LogP contribution in [0.3, 0.4) is 0 Å². The Morgan fingerprint density at radius 3 is 2.45 bits per heavy atom. The first-order chi connectivity index (χ1) is 10.6. The van der Waals surface area contributed by atoms with E-state index in [1.165, 1.54) is 7.11 Å². The summed E-state index contributed by atoms with van der Waals surface area (Å²) in [7, 11) is 3.03. The molecule has 0 aliphatic carbocycles. The number of ether oxygens (including phenoxy) is 2. The first-order valence-corrected chi connectivity index (χ1v) is 7.33. The zero-order chi connectivity index (χ0) is 16.4. The maximum Gasteiger partial charge on any atom is 0.310 e. The predicted molar refractivity (Wildman–Crippen MR) is 87.0 cm³/mol. The number of hydrogen-bond donors (Lipinski definition) is 2. The van der Waals surface area contributed by atoms with Gasteiger partial charge in [-0.1, -0.05) is 19.1 Å². The van der Waals surface area contributed by atoms with Gasteiger partial charge in [0, 0.05) is 13.1 Å². The van der Waals surface area contributed by atoms with E-state index in [9.17, 15) is 4.79 Å². The molecule has 1 rings (SSSR count). The highest BCUT2D eigenvalue weighted by molar-refractivity contribution is 5.80. The van der Waals surface area contributed by atoms with E-state index < -0.39 is 0 Å². The van der Waals surface area contributed by atoms with E-state index in [1.54, 1.807) is 7.11 Å². The number of methoxy groups -OCH3 is 2. The number of esters is 1. The van der Waals surface area contributed by atoms with Crippen LogP contribution in [0, 0.1) is 5.92 Å². The van der Waals surface area contributed by atoms with Crippen molar-refractivity contribution < 1.29 is 14.3 Å². The molecule has 0 fully saturated rings. The summed E-state index contributed by atoms with van der Waals surface area (Å²) < 4.78 is 9.83. The van der Waals surface area contributed by atoms with Crippen LogP contribution in [0.5, 0.6) is 5.75 Å². The monoisotopic (exact) mass is 307 g/mol. The van der Waals surface area contributed by atoms with Crippen molar-refractivity contribution in [3.05, 3.63) is 29.8 Å². The van der Waals surface area contributed by atoms with Crippen molar-refractivity contribution in [2.45, 2.75) is 20.4 Å². The molecule has 0 spiro atoms. The largest absolute Gasteiger partial charge is 0.497 e. The Bertz CT molecular complexity index is 486. The first-order valence-electron chi connectivity index (χ1n) is 7.33. The number of carbonyl (C=O) groups excluding carboxylic acids is 1. The van der Waals surface area contributed by atoms with Crippen LogP contribution in [0.15, 0.2) is 29.3 Å². The molecule has 6 nitrogen and oxygen atoms in total. The molecule has 0 saturated heterocycles. The SMILES string of the molecule is CCNC(=NCc1ccc(OC)cc1)NCC(C)C(=O)OC. The maximum atomic E-state index is 11.4. The van der Waals surface area contributed by atoms with Crippen LogP contribution >= 0.6 is 0 Å². The predicted octanol–water partition coefficient (Wildman–Crippen LogP) is 1.56. The second kappa shape index (κ2) is 9.65. The van der Waals surface area contributed by atoms with Gasteiger partial charge >= 0.3 is 5.97 Å². The van der Waals surface area contributed by atoms with Crippen LogP contribution < -0.4 is 15.4 Å². The molecule has 122 valence electrons. The Hall–Kier alpha value is -2.24. The lowest BCUT2D eigenvalue weighted by atomic mass is 10.2. The average Bonchev–Trinajstić information content (AvgIpc) is 2.56. The summed E-state index contributed by atoms with van der Waals surface area (Å²) in [6.07, 6.45) is 0. The first kappa shape index (κ1) is 17.8. The summed E-state index contributed by atoms with van der Waals surface area (Å²) in [5.74, 6) is 1.03. The third-order valence-electron chi connectivity index (χ3n) is 3.10. The molecule has 0 amide bonds. The van der Waals surface area contributed by atoms with Crippen molar-refractivity contribution >= 4 is 11.9 Å². The Balaban J connectivity index is 2.58. The summed E-state index contributed by atoms with van der Waals surface area (Å²) in [4.78, 5) is 15.9. The molecule has 0 saturated carbocycles. The Kier molecular flexibility index (Phi) is 7.81. The highest BCUT2D eigenvalue weighted by atomic mass is 16.5. The molecule has 0 bridgehead atoms. The summed E-state index contributed by atoms with van der Waals surface area (Å²) in [6, 6.07) is 7.76. The highest BCUT2D eigenvalue weighted by Gasteiger charge is 2.13. The molecular weight excluding hydrogens is 282 g/mol. The van der Waals surface area contributed by atoms with E-state index in [2.05, 4.69) is 15.6 Å². The minimum atomic E-state index is -0.237. The molecular formula is C16H25N3O3. The maximum absolute atomic E-state index is 11.4. The van der Waals surface area contributed by atoms with E-state index in [4.69, 9.17) is 9.47 Å². The molecule has 1 aromatic carbocycles. The van der Waals surface area contributed by atoms with Crippen molar-refractivity contribution in [2.75, 3.05) is 27.3 Å². The number of guanidine groups is 1. The van der Waals surface area contributed by atoms with E-state index >= 15 is 0 Å². The fraction of sp³-hybridized carbons (Fsp3) is 0.500. The van der Waals surface area contributed by atoms with Crippen molar-refractivity contribution in [3.8, 4) is 5.75 Å². The van der Waals surface area contributed by atoms with E-state index in [0.29, 0.717) is 19.0 Å². The Labute approximate surface area is 131 Å². The van der Waals surface area contributed by atoms with Crippen LogP contribution in [-0.4, -0.2) is 39.2 Å².